The number of carbonyl (C=O) groups is 1. The first kappa shape index (κ1) is 18.8. The molecule has 138 valence electrons. The molecule has 3 nitrogen and oxygen atoms in total. The molecule has 2 unspecified atom stereocenters. The maximum absolute atomic E-state index is 13.0. The summed E-state index contributed by atoms with van der Waals surface area (Å²) in [6, 6.07) is 0. The summed E-state index contributed by atoms with van der Waals surface area (Å²) in [5, 5.41) is 11.4. The Balaban J connectivity index is 2.20. The van der Waals surface area contributed by atoms with Crippen LogP contribution in [0.5, 0.6) is 0 Å². The van der Waals surface area contributed by atoms with Crippen LogP contribution in [0.2, 0.25) is 0 Å². The fourth-order valence-corrected chi connectivity index (χ4v) is 7.40. The van der Waals surface area contributed by atoms with Crippen molar-refractivity contribution in [2.75, 3.05) is 0 Å². The van der Waals surface area contributed by atoms with Crippen molar-refractivity contribution in [1.82, 2.24) is 0 Å². The highest BCUT2D eigenvalue weighted by molar-refractivity contribution is 7.09. The summed E-state index contributed by atoms with van der Waals surface area (Å²) in [4.78, 5) is 13.0. The van der Waals surface area contributed by atoms with Gasteiger partial charge in [0.15, 0.2) is 0 Å². The predicted molar refractivity (Wildman–Crippen MR) is 99.4 cm³/mol. The number of carbonyl (C=O) groups excluding carboxylic acids is 1. The molecular formula is C20H35O3P. The van der Waals surface area contributed by atoms with Gasteiger partial charge < -0.3 is 9.63 Å². The number of aliphatic hydroxyl groups excluding tert-OH is 1. The van der Waals surface area contributed by atoms with Crippen LogP contribution >= 0.6 is 9.47 Å². The van der Waals surface area contributed by atoms with Crippen LogP contribution in [0.1, 0.15) is 73.1 Å². The van der Waals surface area contributed by atoms with Gasteiger partial charge in [-0.15, -0.1) is 0 Å². The van der Waals surface area contributed by atoms with Gasteiger partial charge in [-0.1, -0.05) is 34.6 Å². The minimum absolute atomic E-state index is 0.00257. The molecule has 3 aliphatic rings. The molecule has 0 aromatic heterocycles. The van der Waals surface area contributed by atoms with Crippen LogP contribution in [0.4, 0.5) is 0 Å². The summed E-state index contributed by atoms with van der Waals surface area (Å²) >= 11 is 0. The van der Waals surface area contributed by atoms with E-state index in [1.54, 1.807) is 0 Å². The summed E-state index contributed by atoms with van der Waals surface area (Å²) in [6.45, 7) is 11.2. The van der Waals surface area contributed by atoms with Gasteiger partial charge in [-0.05, 0) is 54.8 Å². The molecule has 24 heavy (non-hydrogen) atoms. The van der Waals surface area contributed by atoms with Crippen LogP contribution in [0.15, 0.2) is 0 Å². The van der Waals surface area contributed by atoms with Crippen molar-refractivity contribution in [2.24, 2.45) is 34.0 Å². The molecule has 4 heteroatoms. The van der Waals surface area contributed by atoms with Crippen LogP contribution in [0.3, 0.4) is 0 Å². The van der Waals surface area contributed by atoms with Crippen LogP contribution in [-0.2, 0) is 9.32 Å². The fraction of sp³-hybridized carbons (Fsp3) is 0.950. The van der Waals surface area contributed by atoms with Crippen LogP contribution in [0, 0.1) is 34.0 Å². The molecule has 0 aliphatic heterocycles. The molecule has 0 aromatic carbocycles. The second-order valence-electron chi connectivity index (χ2n) is 9.51. The summed E-state index contributed by atoms with van der Waals surface area (Å²) in [7, 11) is 2.48. The van der Waals surface area contributed by atoms with E-state index >= 15 is 0 Å². The maximum atomic E-state index is 13.0. The molecule has 0 aromatic rings. The van der Waals surface area contributed by atoms with Crippen molar-refractivity contribution in [3.8, 4) is 0 Å². The molecule has 3 rings (SSSR count). The minimum atomic E-state index is -0.445. The molecule has 0 heterocycles. The topological polar surface area (TPSA) is 46.5 Å². The van der Waals surface area contributed by atoms with Gasteiger partial charge >= 0.3 is 0 Å². The second kappa shape index (κ2) is 6.03. The quantitative estimate of drug-likeness (QED) is 0.749. The van der Waals surface area contributed by atoms with Crippen molar-refractivity contribution in [3.63, 3.8) is 0 Å². The van der Waals surface area contributed by atoms with E-state index in [1.165, 1.54) is 0 Å². The highest BCUT2D eigenvalue weighted by Crippen LogP contribution is 2.68. The monoisotopic (exact) mass is 354 g/mol. The van der Waals surface area contributed by atoms with Gasteiger partial charge in [0.2, 0.25) is 0 Å². The number of hydrogen-bond acceptors (Lipinski definition) is 3. The second-order valence-corrected chi connectivity index (χ2v) is 9.78. The molecule has 0 spiro atoms. The van der Waals surface area contributed by atoms with Gasteiger partial charge in [0.1, 0.15) is 5.78 Å². The Morgan fingerprint density at radius 3 is 2.54 bits per heavy atom. The lowest BCUT2D eigenvalue weighted by Crippen LogP contribution is -2.62. The predicted octanol–water partition coefficient (Wildman–Crippen LogP) is 4.38. The summed E-state index contributed by atoms with van der Waals surface area (Å²) in [5.74, 6) is 1.09. The Bertz CT molecular complexity index is 523. The number of hydrogen-bond donors (Lipinski definition) is 1. The third-order valence-corrected chi connectivity index (χ3v) is 9.13. The Hall–Kier alpha value is 0.0200. The third-order valence-electron chi connectivity index (χ3n) is 8.84. The van der Waals surface area contributed by atoms with Gasteiger partial charge in [-0.3, -0.25) is 4.79 Å². The molecule has 0 amide bonds. The van der Waals surface area contributed by atoms with E-state index in [9.17, 15) is 9.90 Å². The SMILES string of the molecule is CC[C@]1(C)C[C@@H](O)[C@@]2(C)C3C(=O)CC[C@]3(CC[C@H]2C)[C@@H](C)[C@@H]1OP. The van der Waals surface area contributed by atoms with E-state index in [2.05, 4.69) is 44.1 Å². The zero-order valence-corrected chi connectivity index (χ0v) is 17.1. The van der Waals surface area contributed by atoms with E-state index in [1.807, 2.05) is 0 Å². The molecule has 3 aliphatic carbocycles. The highest BCUT2D eigenvalue weighted by Gasteiger charge is 2.67. The first-order chi connectivity index (χ1) is 11.2. The summed E-state index contributed by atoms with van der Waals surface area (Å²) < 4.78 is 5.98. The maximum Gasteiger partial charge on any atom is 0.137 e. The Morgan fingerprint density at radius 2 is 1.96 bits per heavy atom. The smallest absolute Gasteiger partial charge is 0.137 e. The fourth-order valence-electron chi connectivity index (χ4n) is 6.83. The van der Waals surface area contributed by atoms with E-state index in [0.29, 0.717) is 30.5 Å². The molecule has 3 saturated carbocycles. The van der Waals surface area contributed by atoms with Gasteiger partial charge in [0.25, 0.3) is 0 Å². The summed E-state index contributed by atoms with van der Waals surface area (Å²) in [6.07, 6.45) is 5.16. The highest BCUT2D eigenvalue weighted by atomic mass is 31.0. The molecule has 3 fully saturated rings. The Labute approximate surface area is 149 Å². The standard InChI is InChI=1S/C20H35O3P/c1-6-18(4)11-15(22)19(5)12(2)7-9-20(13(3)17(18)23-24)10-8-14(21)16(19)20/h12-13,15-17,22H,6-11,24H2,1-5H3/t12-,13+,15-,16?,17+,18-,19+,20-/m1/s1. The average molecular weight is 354 g/mol. The molecule has 9 atom stereocenters. The normalized spacial score (nSPS) is 55.0. The lowest BCUT2D eigenvalue weighted by molar-refractivity contribution is -0.192. The van der Waals surface area contributed by atoms with E-state index in [-0.39, 0.29) is 28.3 Å². The zero-order chi connectivity index (χ0) is 17.9. The van der Waals surface area contributed by atoms with Crippen LogP contribution < -0.4 is 0 Å². The van der Waals surface area contributed by atoms with Crippen LogP contribution in [-0.4, -0.2) is 23.1 Å². The van der Waals surface area contributed by atoms with Crippen molar-refractivity contribution in [1.29, 1.82) is 0 Å². The molecule has 2 bridgehead atoms. The van der Waals surface area contributed by atoms with E-state index in [4.69, 9.17) is 4.52 Å². The number of aliphatic hydroxyl groups is 1. The molecule has 0 saturated heterocycles. The van der Waals surface area contributed by atoms with Crippen molar-refractivity contribution in [2.45, 2.75) is 85.4 Å². The number of rotatable bonds is 2. The third kappa shape index (κ3) is 2.23. The lowest BCUT2D eigenvalue weighted by Gasteiger charge is -2.62. The van der Waals surface area contributed by atoms with Crippen molar-refractivity contribution < 1.29 is 14.4 Å². The van der Waals surface area contributed by atoms with Gasteiger partial charge in [-0.2, -0.15) is 0 Å². The number of Topliss-reactive ketones (excluding diaryl/α,β-unsaturated/α-hetero) is 1. The van der Waals surface area contributed by atoms with Crippen LogP contribution in [0.25, 0.3) is 0 Å². The van der Waals surface area contributed by atoms with Gasteiger partial charge in [0, 0.05) is 27.2 Å². The summed E-state index contributed by atoms with van der Waals surface area (Å²) in [5.41, 5.74) is -0.373. The molecular weight excluding hydrogens is 319 g/mol. The molecule has 1 N–H and O–H groups in total. The minimum Gasteiger partial charge on any atom is -0.393 e. The first-order valence-corrected chi connectivity index (χ1v) is 10.2. The zero-order valence-electron chi connectivity index (χ0n) is 16.0. The number of ketones is 1. The Kier molecular flexibility index (Phi) is 4.72. The average Bonchev–Trinajstić information content (AvgIpc) is 2.89. The van der Waals surface area contributed by atoms with E-state index < -0.39 is 6.10 Å². The first-order valence-electron chi connectivity index (χ1n) is 9.73. The molecule has 0 radical (unpaired) electrons. The van der Waals surface area contributed by atoms with Gasteiger partial charge in [0.05, 0.1) is 12.2 Å². The largest absolute Gasteiger partial charge is 0.393 e. The van der Waals surface area contributed by atoms with Crippen molar-refractivity contribution in [3.05, 3.63) is 0 Å². The lowest BCUT2D eigenvalue weighted by atomic mass is 9.43. The Morgan fingerprint density at radius 1 is 1.29 bits per heavy atom. The van der Waals surface area contributed by atoms with E-state index in [0.717, 1.165) is 25.7 Å². The van der Waals surface area contributed by atoms with Crippen molar-refractivity contribution >= 4 is 15.2 Å². The van der Waals surface area contributed by atoms with Gasteiger partial charge in [-0.25, -0.2) is 0 Å².